The lowest BCUT2D eigenvalue weighted by Gasteiger charge is -2.11. The van der Waals surface area contributed by atoms with Crippen LogP contribution in [0.3, 0.4) is 0 Å². The highest BCUT2D eigenvalue weighted by molar-refractivity contribution is 5.82. The van der Waals surface area contributed by atoms with Crippen molar-refractivity contribution in [3.63, 3.8) is 0 Å². The molecule has 0 bridgehead atoms. The van der Waals surface area contributed by atoms with Crippen LogP contribution in [0.15, 0.2) is 24.3 Å². The van der Waals surface area contributed by atoms with E-state index in [9.17, 15) is 9.59 Å². The standard InChI is InChI=1S/C14H17NO4/c1-9-2-4-10(5-3-9)8-15-13(16)11-6-7-12(19-11)14(17)18/h2-5,11-12H,6-8H2,1H3,(H,15,16)(H,17,18)/t11-,12+/m0/s1. The van der Waals surface area contributed by atoms with Crippen molar-refractivity contribution in [3.05, 3.63) is 35.4 Å². The summed E-state index contributed by atoms with van der Waals surface area (Å²) in [7, 11) is 0. The van der Waals surface area contributed by atoms with Gasteiger partial charge in [0.05, 0.1) is 0 Å². The number of ether oxygens (including phenoxy) is 1. The van der Waals surface area contributed by atoms with Crippen molar-refractivity contribution in [1.82, 2.24) is 5.32 Å². The van der Waals surface area contributed by atoms with E-state index in [0.29, 0.717) is 19.4 Å². The number of benzene rings is 1. The third-order valence-electron chi connectivity index (χ3n) is 3.17. The molecule has 2 rings (SSSR count). The lowest BCUT2D eigenvalue weighted by atomic mass is 10.1. The van der Waals surface area contributed by atoms with Crippen molar-refractivity contribution >= 4 is 11.9 Å². The van der Waals surface area contributed by atoms with Crippen molar-refractivity contribution in [3.8, 4) is 0 Å². The molecule has 0 spiro atoms. The molecule has 0 unspecified atom stereocenters. The fourth-order valence-electron chi connectivity index (χ4n) is 2.02. The van der Waals surface area contributed by atoms with E-state index in [4.69, 9.17) is 9.84 Å². The van der Waals surface area contributed by atoms with E-state index < -0.39 is 18.2 Å². The van der Waals surface area contributed by atoms with Crippen LogP contribution >= 0.6 is 0 Å². The Hall–Kier alpha value is -1.88. The highest BCUT2D eigenvalue weighted by atomic mass is 16.5. The lowest BCUT2D eigenvalue weighted by Crippen LogP contribution is -2.35. The van der Waals surface area contributed by atoms with Gasteiger partial charge in [-0.05, 0) is 25.3 Å². The molecule has 1 aromatic carbocycles. The van der Waals surface area contributed by atoms with Crippen LogP contribution in [0.25, 0.3) is 0 Å². The van der Waals surface area contributed by atoms with E-state index in [0.717, 1.165) is 5.56 Å². The quantitative estimate of drug-likeness (QED) is 0.857. The summed E-state index contributed by atoms with van der Waals surface area (Å²) in [6, 6.07) is 7.86. The summed E-state index contributed by atoms with van der Waals surface area (Å²) >= 11 is 0. The molecule has 0 aromatic heterocycles. The number of aliphatic carboxylic acids is 1. The smallest absolute Gasteiger partial charge is 0.332 e. The van der Waals surface area contributed by atoms with Gasteiger partial charge in [0.2, 0.25) is 5.91 Å². The molecule has 102 valence electrons. The first-order valence-corrected chi connectivity index (χ1v) is 6.28. The maximum Gasteiger partial charge on any atom is 0.332 e. The maximum atomic E-state index is 11.8. The number of rotatable bonds is 4. The number of carboxylic acid groups (broad SMARTS) is 1. The predicted molar refractivity (Wildman–Crippen MR) is 68.6 cm³/mol. The Morgan fingerprint density at radius 1 is 1.26 bits per heavy atom. The second kappa shape index (κ2) is 5.84. The fraction of sp³-hybridized carbons (Fsp3) is 0.429. The van der Waals surface area contributed by atoms with Crippen molar-refractivity contribution in [2.24, 2.45) is 0 Å². The van der Waals surface area contributed by atoms with Crippen molar-refractivity contribution < 1.29 is 19.4 Å². The molecule has 0 radical (unpaired) electrons. The van der Waals surface area contributed by atoms with Crippen molar-refractivity contribution in [1.29, 1.82) is 0 Å². The van der Waals surface area contributed by atoms with Gasteiger partial charge in [0.25, 0.3) is 0 Å². The van der Waals surface area contributed by atoms with E-state index in [-0.39, 0.29) is 5.91 Å². The zero-order chi connectivity index (χ0) is 13.8. The van der Waals surface area contributed by atoms with Gasteiger partial charge in [-0.15, -0.1) is 0 Å². The van der Waals surface area contributed by atoms with Crippen LogP contribution in [0.4, 0.5) is 0 Å². The summed E-state index contributed by atoms with van der Waals surface area (Å²) < 4.78 is 5.18. The van der Waals surface area contributed by atoms with Gasteiger partial charge >= 0.3 is 5.97 Å². The zero-order valence-electron chi connectivity index (χ0n) is 10.8. The van der Waals surface area contributed by atoms with Gasteiger partial charge in [0, 0.05) is 6.54 Å². The summed E-state index contributed by atoms with van der Waals surface area (Å²) in [5, 5.41) is 11.6. The Labute approximate surface area is 111 Å². The summed E-state index contributed by atoms with van der Waals surface area (Å²) in [6.07, 6.45) is -0.657. The van der Waals surface area contributed by atoms with E-state index >= 15 is 0 Å². The van der Waals surface area contributed by atoms with Gasteiger partial charge in [-0.3, -0.25) is 4.79 Å². The normalized spacial score (nSPS) is 22.2. The average Bonchev–Trinajstić information content (AvgIpc) is 2.87. The third-order valence-corrected chi connectivity index (χ3v) is 3.17. The molecule has 1 aromatic rings. The van der Waals surface area contributed by atoms with Crippen LogP contribution in [-0.4, -0.2) is 29.2 Å². The van der Waals surface area contributed by atoms with E-state index in [1.165, 1.54) is 5.56 Å². The highest BCUT2D eigenvalue weighted by Crippen LogP contribution is 2.20. The molecule has 1 saturated heterocycles. The molecular weight excluding hydrogens is 246 g/mol. The molecule has 19 heavy (non-hydrogen) atoms. The number of hydrogen-bond acceptors (Lipinski definition) is 3. The number of carboxylic acids is 1. The van der Waals surface area contributed by atoms with E-state index in [1.807, 2.05) is 31.2 Å². The Morgan fingerprint density at radius 2 is 1.89 bits per heavy atom. The summed E-state index contributed by atoms with van der Waals surface area (Å²) in [4.78, 5) is 22.5. The molecule has 0 saturated carbocycles. The molecule has 5 heteroatoms. The van der Waals surface area contributed by atoms with Gasteiger partial charge in [-0.1, -0.05) is 29.8 Å². The Morgan fingerprint density at radius 3 is 2.47 bits per heavy atom. The first-order chi connectivity index (χ1) is 9.06. The Kier molecular flexibility index (Phi) is 4.16. The topological polar surface area (TPSA) is 75.6 Å². The highest BCUT2D eigenvalue weighted by Gasteiger charge is 2.34. The second-order valence-electron chi connectivity index (χ2n) is 4.73. The Balaban J connectivity index is 1.82. The number of carbonyl (C=O) groups is 2. The van der Waals surface area contributed by atoms with Crippen LogP contribution in [0, 0.1) is 6.92 Å². The molecule has 5 nitrogen and oxygen atoms in total. The molecule has 1 aliphatic rings. The molecule has 1 amide bonds. The summed E-state index contributed by atoms with van der Waals surface area (Å²) in [6.45, 7) is 2.43. The van der Waals surface area contributed by atoms with Gasteiger partial charge in [-0.2, -0.15) is 0 Å². The largest absolute Gasteiger partial charge is 0.479 e. The van der Waals surface area contributed by atoms with Crippen LogP contribution in [0.5, 0.6) is 0 Å². The third kappa shape index (κ3) is 3.54. The van der Waals surface area contributed by atoms with Gasteiger partial charge in [-0.25, -0.2) is 4.79 Å². The van der Waals surface area contributed by atoms with Crippen molar-refractivity contribution in [2.45, 2.75) is 38.5 Å². The monoisotopic (exact) mass is 263 g/mol. The number of nitrogens with one attached hydrogen (secondary N) is 1. The first kappa shape index (κ1) is 13.5. The minimum absolute atomic E-state index is 0.246. The SMILES string of the molecule is Cc1ccc(CNC(=O)[C@@H]2CC[C@H](C(=O)O)O2)cc1. The minimum atomic E-state index is -1.01. The van der Waals surface area contributed by atoms with Crippen molar-refractivity contribution in [2.75, 3.05) is 0 Å². The van der Waals surface area contributed by atoms with E-state index in [1.54, 1.807) is 0 Å². The van der Waals surface area contributed by atoms with Crippen LogP contribution in [0.2, 0.25) is 0 Å². The van der Waals surface area contributed by atoms with Gasteiger partial charge < -0.3 is 15.2 Å². The lowest BCUT2D eigenvalue weighted by molar-refractivity contribution is -0.151. The van der Waals surface area contributed by atoms with Gasteiger partial charge in [0.15, 0.2) is 6.10 Å². The second-order valence-corrected chi connectivity index (χ2v) is 4.73. The number of carbonyl (C=O) groups excluding carboxylic acids is 1. The molecule has 2 atom stereocenters. The number of hydrogen-bond donors (Lipinski definition) is 2. The number of amides is 1. The van der Waals surface area contributed by atoms with Gasteiger partial charge in [0.1, 0.15) is 6.10 Å². The summed E-state index contributed by atoms with van der Waals surface area (Å²) in [5.41, 5.74) is 2.17. The van der Waals surface area contributed by atoms with Crippen LogP contribution in [-0.2, 0) is 20.9 Å². The fourth-order valence-corrected chi connectivity index (χ4v) is 2.02. The van der Waals surface area contributed by atoms with Crippen LogP contribution < -0.4 is 5.32 Å². The average molecular weight is 263 g/mol. The van der Waals surface area contributed by atoms with E-state index in [2.05, 4.69) is 5.32 Å². The number of aryl methyl sites for hydroxylation is 1. The molecule has 1 aliphatic heterocycles. The molecule has 0 aliphatic carbocycles. The first-order valence-electron chi connectivity index (χ1n) is 6.28. The molecule has 1 fully saturated rings. The molecule has 1 heterocycles. The Bertz CT molecular complexity index is 469. The molecule has 2 N–H and O–H groups in total. The molecular formula is C14H17NO4. The zero-order valence-corrected chi connectivity index (χ0v) is 10.8. The predicted octanol–water partition coefficient (Wildman–Crippen LogP) is 1.24. The van der Waals surface area contributed by atoms with Crippen LogP contribution in [0.1, 0.15) is 24.0 Å². The summed E-state index contributed by atoms with van der Waals surface area (Å²) in [5.74, 6) is -1.25. The minimum Gasteiger partial charge on any atom is -0.479 e. The maximum absolute atomic E-state index is 11.8.